The number of ether oxygens (including phenoxy) is 2. The highest BCUT2D eigenvalue weighted by Crippen LogP contribution is 2.37. The summed E-state index contributed by atoms with van der Waals surface area (Å²) in [5.41, 5.74) is 4.99. The molecule has 2 N–H and O–H groups in total. The number of benzene rings is 3. The van der Waals surface area contributed by atoms with Crippen LogP contribution in [0.2, 0.25) is 0 Å². The molecule has 3 aromatic carbocycles. The van der Waals surface area contributed by atoms with Crippen molar-refractivity contribution in [3.63, 3.8) is 0 Å². The topological polar surface area (TPSA) is 79.7 Å². The number of para-hydroxylation sites is 1. The number of aryl methyl sites for hydroxylation is 1. The Labute approximate surface area is 186 Å². The summed E-state index contributed by atoms with van der Waals surface area (Å²) in [7, 11) is 3.56. The van der Waals surface area contributed by atoms with Crippen molar-refractivity contribution in [2.45, 2.75) is 6.92 Å². The van der Waals surface area contributed by atoms with Crippen LogP contribution in [0.3, 0.4) is 0 Å². The number of anilines is 2. The normalized spacial score (nSPS) is 10.6. The molecule has 4 aromatic rings. The molecule has 0 spiro atoms. The van der Waals surface area contributed by atoms with Crippen molar-refractivity contribution < 1.29 is 14.7 Å². The van der Waals surface area contributed by atoms with Gasteiger partial charge in [0.15, 0.2) is 11.5 Å². The van der Waals surface area contributed by atoms with Gasteiger partial charge in [-0.3, -0.25) is 10.7 Å². The second-order valence-electron chi connectivity index (χ2n) is 7.22. The molecule has 32 heavy (non-hydrogen) atoms. The molecule has 0 saturated carbocycles. The molecule has 7 nitrogen and oxygen atoms in total. The second-order valence-corrected chi connectivity index (χ2v) is 7.22. The van der Waals surface area contributed by atoms with Crippen LogP contribution in [0.25, 0.3) is 16.6 Å². The number of rotatable bonds is 7. The zero-order valence-corrected chi connectivity index (χ0v) is 18.2. The van der Waals surface area contributed by atoms with Gasteiger partial charge in [0, 0.05) is 24.2 Å². The molecule has 0 amide bonds. The zero-order valence-electron chi connectivity index (χ0n) is 18.2. The Kier molecular flexibility index (Phi) is 5.91. The molecule has 7 heteroatoms. The van der Waals surface area contributed by atoms with Gasteiger partial charge in [-0.1, -0.05) is 18.7 Å². The van der Waals surface area contributed by atoms with Gasteiger partial charge in [0.05, 0.1) is 18.3 Å². The minimum atomic E-state index is 0.408. The summed E-state index contributed by atoms with van der Waals surface area (Å²) >= 11 is 0. The predicted molar refractivity (Wildman–Crippen MR) is 126 cm³/mol. The molecule has 0 atom stereocenters. The molecule has 0 aliphatic carbocycles. The number of aromatic nitrogens is 2. The Balaban J connectivity index is 1.69. The van der Waals surface area contributed by atoms with Gasteiger partial charge in [-0.15, -0.1) is 0 Å². The smallest absolute Gasteiger partial charge is 0.171 e. The van der Waals surface area contributed by atoms with Crippen LogP contribution in [0.4, 0.5) is 11.5 Å². The first kappa shape index (κ1) is 21.1. The Hall–Kier alpha value is -4.10. The summed E-state index contributed by atoms with van der Waals surface area (Å²) in [5, 5.41) is 9.97. The maximum absolute atomic E-state index is 9.01. The van der Waals surface area contributed by atoms with Gasteiger partial charge in [0.2, 0.25) is 0 Å². The Morgan fingerprint density at radius 3 is 2.47 bits per heavy atom. The van der Waals surface area contributed by atoms with Crippen LogP contribution < -0.4 is 19.9 Å². The van der Waals surface area contributed by atoms with Crippen LogP contribution in [0.5, 0.6) is 17.2 Å². The van der Waals surface area contributed by atoms with Gasteiger partial charge in [-0.05, 0) is 61.0 Å². The first-order valence-corrected chi connectivity index (χ1v) is 10.0. The average Bonchev–Trinajstić information content (AvgIpc) is 2.83. The molecular formula is C25H24N4O3. The van der Waals surface area contributed by atoms with Crippen LogP contribution in [0.1, 0.15) is 11.4 Å². The first-order valence-electron chi connectivity index (χ1n) is 10.0. The molecule has 1 aromatic heterocycles. The largest absolute Gasteiger partial charge is 0.493 e. The molecule has 0 saturated heterocycles. The van der Waals surface area contributed by atoms with Crippen molar-refractivity contribution >= 4 is 28.1 Å². The molecule has 0 fully saturated rings. The quantitative estimate of drug-likeness (QED) is 0.379. The lowest BCUT2D eigenvalue weighted by atomic mass is 10.2. The van der Waals surface area contributed by atoms with E-state index in [0.29, 0.717) is 28.8 Å². The fourth-order valence-electron chi connectivity index (χ4n) is 3.42. The first-order chi connectivity index (χ1) is 15.5. The van der Waals surface area contributed by atoms with E-state index in [1.807, 2.05) is 66.8 Å². The number of nitrogens with zero attached hydrogens (tertiary/aromatic N) is 3. The maximum atomic E-state index is 9.01. The van der Waals surface area contributed by atoms with Crippen LogP contribution in [0.15, 0.2) is 73.3 Å². The zero-order chi connectivity index (χ0) is 22.7. The minimum absolute atomic E-state index is 0.408. The van der Waals surface area contributed by atoms with E-state index in [-0.39, 0.29) is 0 Å². The van der Waals surface area contributed by atoms with E-state index < -0.39 is 0 Å². The number of hydrogen-bond acceptors (Lipinski definition) is 7. The maximum Gasteiger partial charge on any atom is 0.171 e. The molecule has 1 heterocycles. The van der Waals surface area contributed by atoms with Crippen molar-refractivity contribution in [3.8, 4) is 17.2 Å². The summed E-state index contributed by atoms with van der Waals surface area (Å²) in [6, 6.07) is 20.9. The minimum Gasteiger partial charge on any atom is -0.493 e. The molecule has 0 unspecified atom stereocenters. The van der Waals surface area contributed by atoms with Gasteiger partial charge in [-0.2, -0.15) is 0 Å². The third-order valence-corrected chi connectivity index (χ3v) is 5.11. The number of nitrogens with one attached hydrogen (secondary N) is 1. The highest BCUT2D eigenvalue weighted by molar-refractivity contribution is 5.91. The molecule has 4 rings (SSSR count). The van der Waals surface area contributed by atoms with Gasteiger partial charge >= 0.3 is 0 Å². The summed E-state index contributed by atoms with van der Waals surface area (Å²) in [4.78, 5) is 11.2. The molecule has 0 radical (unpaired) electrons. The summed E-state index contributed by atoms with van der Waals surface area (Å²) in [5.74, 6) is 3.31. The second kappa shape index (κ2) is 8.95. The highest BCUT2D eigenvalue weighted by atomic mass is 16.5. The predicted octanol–water partition coefficient (Wildman–Crippen LogP) is 5.46. The highest BCUT2D eigenvalue weighted by Gasteiger charge is 2.15. The van der Waals surface area contributed by atoms with Gasteiger partial charge in [0.25, 0.3) is 0 Å². The van der Waals surface area contributed by atoms with Crippen molar-refractivity contribution in [1.29, 1.82) is 0 Å². The molecule has 0 aliphatic heterocycles. The van der Waals surface area contributed by atoms with Crippen molar-refractivity contribution in [2.75, 3.05) is 19.1 Å². The lowest BCUT2D eigenvalue weighted by molar-refractivity contribution is 0.225. The number of hydroxylamine groups is 1. The molecule has 0 aliphatic rings. The van der Waals surface area contributed by atoms with E-state index in [4.69, 9.17) is 14.7 Å². The van der Waals surface area contributed by atoms with Crippen LogP contribution in [-0.4, -0.2) is 29.3 Å². The Morgan fingerprint density at radius 1 is 1.00 bits per heavy atom. The van der Waals surface area contributed by atoms with E-state index in [2.05, 4.69) is 16.5 Å². The van der Waals surface area contributed by atoms with E-state index in [1.54, 1.807) is 31.4 Å². The van der Waals surface area contributed by atoms with Crippen LogP contribution >= 0.6 is 0 Å². The van der Waals surface area contributed by atoms with E-state index in [9.17, 15) is 0 Å². The Bertz CT molecular complexity index is 1270. The average molecular weight is 428 g/mol. The van der Waals surface area contributed by atoms with E-state index in [0.717, 1.165) is 28.0 Å². The third-order valence-electron chi connectivity index (χ3n) is 5.11. The molecule has 162 valence electrons. The lowest BCUT2D eigenvalue weighted by Gasteiger charge is -2.22. The van der Waals surface area contributed by atoms with Crippen molar-refractivity contribution in [1.82, 2.24) is 15.4 Å². The van der Waals surface area contributed by atoms with E-state index >= 15 is 0 Å². The van der Waals surface area contributed by atoms with Crippen LogP contribution in [-0.2, 0) is 0 Å². The van der Waals surface area contributed by atoms with E-state index in [1.165, 1.54) is 0 Å². The van der Waals surface area contributed by atoms with Crippen molar-refractivity contribution in [2.24, 2.45) is 0 Å². The number of hydrogen-bond donors (Lipinski definition) is 2. The fourth-order valence-corrected chi connectivity index (χ4v) is 3.42. The summed E-state index contributed by atoms with van der Waals surface area (Å²) in [6.45, 7) is 5.62. The summed E-state index contributed by atoms with van der Waals surface area (Å²) in [6.07, 6.45) is 0. The monoisotopic (exact) mass is 428 g/mol. The van der Waals surface area contributed by atoms with Gasteiger partial charge in [0.1, 0.15) is 17.4 Å². The van der Waals surface area contributed by atoms with Gasteiger partial charge in [-0.25, -0.2) is 9.97 Å². The summed E-state index contributed by atoms with van der Waals surface area (Å²) < 4.78 is 11.6. The molecule has 0 bridgehead atoms. The SMILES string of the molecule is C=C(NO)c1ccc(Oc2cc(N(C)c3nc(C)nc4ccccc34)ccc2OC)cc1. The molecular weight excluding hydrogens is 404 g/mol. The number of methoxy groups -OCH3 is 1. The van der Waals surface area contributed by atoms with Crippen LogP contribution in [0, 0.1) is 6.92 Å². The number of fused-ring (bicyclic) bond motifs is 1. The standard InChI is InChI=1S/C25H24N4O3/c1-16(28-30)18-9-12-20(13-10-18)32-24-15-19(11-14-23(24)31-4)29(3)25-21-7-5-6-8-22(21)26-17(2)27-25/h5-15,28,30H,1H2,2-4H3. The van der Waals surface area contributed by atoms with Crippen molar-refractivity contribution in [3.05, 3.63) is 84.7 Å². The third kappa shape index (κ3) is 4.19. The fraction of sp³-hybridized carbons (Fsp3) is 0.120. The lowest BCUT2D eigenvalue weighted by Crippen LogP contribution is -2.13. The van der Waals surface area contributed by atoms with Gasteiger partial charge < -0.3 is 14.4 Å². The Morgan fingerprint density at radius 2 is 1.75 bits per heavy atom.